The van der Waals surface area contributed by atoms with Crippen LogP contribution < -0.4 is 10.1 Å². The molecule has 0 bridgehead atoms. The predicted octanol–water partition coefficient (Wildman–Crippen LogP) is 2.71. The summed E-state index contributed by atoms with van der Waals surface area (Å²) >= 11 is 1.70. The molecule has 0 unspecified atom stereocenters. The lowest BCUT2D eigenvalue weighted by molar-refractivity contribution is 0.294. The van der Waals surface area contributed by atoms with Crippen LogP contribution in [0.3, 0.4) is 0 Å². The number of hydrogen-bond donors (Lipinski definition) is 2. The largest absolute Gasteiger partial charge is 0.497 e. The number of imidazole rings is 1. The summed E-state index contributed by atoms with van der Waals surface area (Å²) in [5.74, 6) is 1.73. The quantitative estimate of drug-likeness (QED) is 0.486. The smallest absolute Gasteiger partial charge is 0.173 e. The van der Waals surface area contributed by atoms with Gasteiger partial charge in [-0.3, -0.25) is 4.57 Å². The van der Waals surface area contributed by atoms with Crippen molar-refractivity contribution in [3.05, 3.63) is 48.5 Å². The molecule has 1 heterocycles. The summed E-state index contributed by atoms with van der Waals surface area (Å²) in [6.07, 6.45) is 0. The summed E-state index contributed by atoms with van der Waals surface area (Å²) in [5, 5.41) is 13.0. The first kappa shape index (κ1) is 16.8. The summed E-state index contributed by atoms with van der Waals surface area (Å²) in [7, 11) is 1.67. The van der Waals surface area contributed by atoms with Crippen molar-refractivity contribution in [1.29, 1.82) is 0 Å². The second kappa shape index (κ2) is 8.19. The van der Waals surface area contributed by atoms with Crippen molar-refractivity contribution in [2.24, 2.45) is 0 Å². The Morgan fingerprint density at radius 2 is 1.92 bits per heavy atom. The molecule has 0 spiro atoms. The molecule has 0 aliphatic rings. The van der Waals surface area contributed by atoms with Gasteiger partial charge in [0.15, 0.2) is 5.16 Å². The number of aromatic nitrogens is 2. The number of hydrogen-bond acceptors (Lipinski definition) is 5. The molecule has 0 amide bonds. The fraction of sp³-hybridized carbons (Fsp3) is 0.278. The van der Waals surface area contributed by atoms with Gasteiger partial charge in [-0.1, -0.05) is 23.9 Å². The Morgan fingerprint density at radius 3 is 2.67 bits per heavy atom. The molecule has 24 heavy (non-hydrogen) atoms. The minimum Gasteiger partial charge on any atom is -0.497 e. The highest BCUT2D eigenvalue weighted by Gasteiger charge is 2.12. The number of rotatable bonds is 8. The third-order valence-electron chi connectivity index (χ3n) is 3.66. The highest BCUT2D eigenvalue weighted by molar-refractivity contribution is 7.99. The van der Waals surface area contributed by atoms with E-state index in [1.165, 1.54) is 0 Å². The first-order valence-electron chi connectivity index (χ1n) is 7.90. The second-order valence-electron chi connectivity index (χ2n) is 5.24. The van der Waals surface area contributed by atoms with Crippen molar-refractivity contribution >= 4 is 22.8 Å². The van der Waals surface area contributed by atoms with Crippen LogP contribution in [0.25, 0.3) is 16.7 Å². The van der Waals surface area contributed by atoms with Gasteiger partial charge in [0.1, 0.15) is 5.75 Å². The van der Waals surface area contributed by atoms with Crippen LogP contribution >= 0.6 is 11.8 Å². The number of aliphatic hydroxyl groups excluding tert-OH is 1. The normalized spacial score (nSPS) is 11.1. The van der Waals surface area contributed by atoms with Crippen LogP contribution in [0.1, 0.15) is 0 Å². The molecule has 1 aromatic heterocycles. The third-order valence-corrected chi connectivity index (χ3v) is 4.60. The molecular formula is C18H21N3O2S. The van der Waals surface area contributed by atoms with E-state index in [0.717, 1.165) is 39.9 Å². The zero-order chi connectivity index (χ0) is 16.8. The zero-order valence-electron chi connectivity index (χ0n) is 13.6. The molecule has 2 aromatic carbocycles. The fourth-order valence-electron chi connectivity index (χ4n) is 2.50. The number of para-hydroxylation sites is 2. The summed E-state index contributed by atoms with van der Waals surface area (Å²) in [6.45, 7) is 1.61. The molecule has 126 valence electrons. The number of aliphatic hydroxyl groups is 1. The van der Waals surface area contributed by atoms with Gasteiger partial charge in [-0.15, -0.1) is 0 Å². The maximum Gasteiger partial charge on any atom is 0.173 e. The number of benzene rings is 2. The van der Waals surface area contributed by atoms with Gasteiger partial charge in [0.05, 0.1) is 24.8 Å². The van der Waals surface area contributed by atoms with Gasteiger partial charge in [-0.2, -0.15) is 0 Å². The van der Waals surface area contributed by atoms with E-state index in [9.17, 15) is 0 Å². The minimum atomic E-state index is 0.162. The predicted molar refractivity (Wildman–Crippen MR) is 98.3 cm³/mol. The minimum absolute atomic E-state index is 0.162. The monoisotopic (exact) mass is 343 g/mol. The lowest BCUT2D eigenvalue weighted by Crippen LogP contribution is -2.20. The Kier molecular flexibility index (Phi) is 5.74. The molecule has 2 N–H and O–H groups in total. The summed E-state index contributed by atoms with van der Waals surface area (Å²) in [4.78, 5) is 4.77. The SMILES string of the molecule is COc1ccc(-n2c(SCCNCCO)nc3ccccc32)cc1. The molecule has 0 atom stereocenters. The number of thioether (sulfide) groups is 1. The maximum atomic E-state index is 8.82. The second-order valence-corrected chi connectivity index (χ2v) is 6.30. The van der Waals surface area contributed by atoms with Gasteiger partial charge in [-0.25, -0.2) is 4.98 Å². The average molecular weight is 343 g/mol. The molecule has 0 saturated heterocycles. The number of nitrogens with one attached hydrogen (secondary N) is 1. The van der Waals surface area contributed by atoms with Crippen molar-refractivity contribution in [3.8, 4) is 11.4 Å². The van der Waals surface area contributed by atoms with Gasteiger partial charge in [-0.05, 0) is 36.4 Å². The van der Waals surface area contributed by atoms with E-state index in [2.05, 4.69) is 16.0 Å². The van der Waals surface area contributed by atoms with Crippen LogP contribution in [-0.4, -0.2) is 47.2 Å². The van der Waals surface area contributed by atoms with Gasteiger partial charge < -0.3 is 15.2 Å². The van der Waals surface area contributed by atoms with Gasteiger partial charge >= 0.3 is 0 Å². The Labute approximate surface area is 145 Å². The Morgan fingerprint density at radius 1 is 1.12 bits per heavy atom. The van der Waals surface area contributed by atoms with Gasteiger partial charge in [0.2, 0.25) is 0 Å². The van der Waals surface area contributed by atoms with E-state index in [-0.39, 0.29) is 6.61 Å². The number of nitrogens with zero attached hydrogens (tertiary/aromatic N) is 2. The number of ether oxygens (including phenoxy) is 1. The van der Waals surface area contributed by atoms with Crippen molar-refractivity contribution < 1.29 is 9.84 Å². The van der Waals surface area contributed by atoms with Crippen LogP contribution in [0.2, 0.25) is 0 Å². The van der Waals surface area contributed by atoms with E-state index in [4.69, 9.17) is 14.8 Å². The molecule has 0 saturated carbocycles. The van der Waals surface area contributed by atoms with Crippen molar-refractivity contribution in [2.45, 2.75) is 5.16 Å². The Balaban J connectivity index is 1.89. The third kappa shape index (κ3) is 3.72. The molecular weight excluding hydrogens is 322 g/mol. The van der Waals surface area contributed by atoms with Crippen molar-refractivity contribution in [1.82, 2.24) is 14.9 Å². The highest BCUT2D eigenvalue weighted by atomic mass is 32.2. The summed E-state index contributed by atoms with van der Waals surface area (Å²) < 4.78 is 7.42. The van der Waals surface area contributed by atoms with E-state index >= 15 is 0 Å². The first-order chi connectivity index (χ1) is 11.8. The highest BCUT2D eigenvalue weighted by Crippen LogP contribution is 2.28. The molecule has 0 fully saturated rings. The Hall–Kier alpha value is -2.02. The van der Waals surface area contributed by atoms with Gasteiger partial charge in [0.25, 0.3) is 0 Å². The first-order valence-corrected chi connectivity index (χ1v) is 8.88. The van der Waals surface area contributed by atoms with E-state index in [0.29, 0.717) is 6.54 Å². The molecule has 0 aliphatic heterocycles. The fourth-order valence-corrected chi connectivity index (χ4v) is 3.42. The standard InChI is InChI=1S/C18H21N3O2S/c1-23-15-8-6-14(7-9-15)21-17-5-3-2-4-16(17)20-18(21)24-13-11-19-10-12-22/h2-9,19,22H,10-13H2,1H3. The topological polar surface area (TPSA) is 59.3 Å². The van der Waals surface area contributed by atoms with Crippen LogP contribution in [0.15, 0.2) is 53.7 Å². The van der Waals surface area contributed by atoms with E-state index < -0.39 is 0 Å². The molecule has 0 aliphatic carbocycles. The average Bonchev–Trinajstić information content (AvgIpc) is 3.00. The lowest BCUT2D eigenvalue weighted by atomic mass is 10.2. The van der Waals surface area contributed by atoms with Crippen LogP contribution in [-0.2, 0) is 0 Å². The molecule has 6 heteroatoms. The molecule has 0 radical (unpaired) electrons. The number of methoxy groups -OCH3 is 1. The van der Waals surface area contributed by atoms with Gasteiger partial charge in [0, 0.05) is 24.5 Å². The van der Waals surface area contributed by atoms with Crippen molar-refractivity contribution in [2.75, 3.05) is 32.6 Å². The van der Waals surface area contributed by atoms with Crippen LogP contribution in [0, 0.1) is 0 Å². The van der Waals surface area contributed by atoms with E-state index in [1.807, 2.05) is 42.5 Å². The number of fused-ring (bicyclic) bond motifs is 1. The van der Waals surface area contributed by atoms with Crippen molar-refractivity contribution in [3.63, 3.8) is 0 Å². The molecule has 3 rings (SSSR count). The van der Waals surface area contributed by atoms with Crippen LogP contribution in [0.4, 0.5) is 0 Å². The summed E-state index contributed by atoms with van der Waals surface area (Å²) in [6, 6.07) is 16.2. The Bertz CT molecular complexity index is 787. The van der Waals surface area contributed by atoms with E-state index in [1.54, 1.807) is 18.9 Å². The summed E-state index contributed by atoms with van der Waals surface area (Å²) in [5.41, 5.74) is 3.14. The molecule has 3 aromatic rings. The zero-order valence-corrected chi connectivity index (χ0v) is 14.4. The maximum absolute atomic E-state index is 8.82. The lowest BCUT2D eigenvalue weighted by Gasteiger charge is -2.10. The van der Waals surface area contributed by atoms with Crippen LogP contribution in [0.5, 0.6) is 5.75 Å². The molecule has 5 nitrogen and oxygen atoms in total.